The van der Waals surface area contributed by atoms with Crippen LogP contribution in [-0.4, -0.2) is 10.2 Å². The summed E-state index contributed by atoms with van der Waals surface area (Å²) >= 11 is 19.7. The van der Waals surface area contributed by atoms with Crippen LogP contribution >= 0.6 is 46.1 Å². The highest BCUT2D eigenvalue weighted by Gasteiger charge is 2.18. The Kier molecular flexibility index (Phi) is 4.52. The Labute approximate surface area is 162 Å². The van der Waals surface area contributed by atoms with E-state index in [2.05, 4.69) is 10.2 Å². The second-order valence-electron chi connectivity index (χ2n) is 5.22. The Hall–Kier alpha value is -1.85. The van der Waals surface area contributed by atoms with Gasteiger partial charge in [-0.2, -0.15) is 0 Å². The molecule has 0 aliphatic heterocycles. The average Bonchev–Trinajstić information content (AvgIpc) is 3.21. The molecule has 4 aromatic rings. The van der Waals surface area contributed by atoms with E-state index >= 15 is 0 Å². The molecule has 2 heterocycles. The topological polar surface area (TPSA) is 38.9 Å². The van der Waals surface area contributed by atoms with E-state index < -0.39 is 0 Å². The van der Waals surface area contributed by atoms with Crippen molar-refractivity contribution in [3.63, 3.8) is 0 Å². The second-order valence-corrected chi connectivity index (χ2v) is 7.33. The number of halogens is 3. The summed E-state index contributed by atoms with van der Waals surface area (Å²) in [5, 5.41) is 10.4. The average molecular weight is 408 g/mol. The van der Waals surface area contributed by atoms with Gasteiger partial charge in [-0.15, -0.1) is 21.5 Å². The number of aromatic nitrogens is 2. The highest BCUT2D eigenvalue weighted by molar-refractivity contribution is 7.23. The molecule has 0 N–H and O–H groups in total. The number of benzene rings is 2. The lowest BCUT2D eigenvalue weighted by Crippen LogP contribution is -1.79. The molecule has 3 nitrogen and oxygen atoms in total. The SMILES string of the molecule is Cl/C=C/c1cccc(-c2nnc(-c3sc4ccc(Cl)cc4c3Cl)o2)c1. The van der Waals surface area contributed by atoms with Crippen molar-refractivity contribution < 1.29 is 4.42 Å². The minimum absolute atomic E-state index is 0.385. The quantitative estimate of drug-likeness (QED) is 0.362. The summed E-state index contributed by atoms with van der Waals surface area (Å²) in [5.41, 5.74) is 3.22. The van der Waals surface area contributed by atoms with Gasteiger partial charge in [0.05, 0.1) is 5.02 Å². The summed E-state index contributed by atoms with van der Waals surface area (Å²) in [6.07, 6.45) is 1.79. The van der Waals surface area contributed by atoms with E-state index in [4.69, 9.17) is 39.2 Å². The summed E-state index contributed by atoms with van der Waals surface area (Å²) in [6.45, 7) is 0. The van der Waals surface area contributed by atoms with Gasteiger partial charge in [0, 0.05) is 26.2 Å². The summed E-state index contributed by atoms with van der Waals surface area (Å²) in [6, 6.07) is 13.2. The standard InChI is InChI=1S/C18H9Cl3N2OS/c19-7-6-10-2-1-3-11(8-10)17-22-23-18(24-17)16-15(21)13-9-12(20)4-5-14(13)25-16/h1-9H/b7-6+. The minimum atomic E-state index is 0.385. The van der Waals surface area contributed by atoms with Gasteiger partial charge in [0.2, 0.25) is 5.89 Å². The lowest BCUT2D eigenvalue weighted by Gasteiger charge is -1.97. The monoisotopic (exact) mass is 406 g/mol. The smallest absolute Gasteiger partial charge is 0.259 e. The van der Waals surface area contributed by atoms with Crippen molar-refractivity contribution in [1.29, 1.82) is 0 Å². The summed E-state index contributed by atoms with van der Waals surface area (Å²) in [5.74, 6) is 0.807. The van der Waals surface area contributed by atoms with Gasteiger partial charge in [-0.05, 0) is 42.0 Å². The van der Waals surface area contributed by atoms with Crippen molar-refractivity contribution in [3.8, 4) is 22.2 Å². The van der Waals surface area contributed by atoms with Crippen LogP contribution in [-0.2, 0) is 0 Å². The first-order valence-corrected chi connectivity index (χ1v) is 9.25. The molecular weight excluding hydrogens is 399 g/mol. The van der Waals surface area contributed by atoms with Crippen LogP contribution in [0.1, 0.15) is 5.56 Å². The molecule has 0 aliphatic carbocycles. The van der Waals surface area contributed by atoms with Crippen LogP contribution in [0.2, 0.25) is 10.0 Å². The van der Waals surface area contributed by atoms with Crippen molar-refractivity contribution in [2.75, 3.05) is 0 Å². The van der Waals surface area contributed by atoms with E-state index in [1.807, 2.05) is 42.5 Å². The Morgan fingerprint density at radius 3 is 2.68 bits per heavy atom. The molecule has 0 amide bonds. The minimum Gasteiger partial charge on any atom is -0.415 e. The molecule has 0 fully saturated rings. The maximum absolute atomic E-state index is 6.49. The molecule has 0 radical (unpaired) electrons. The molecule has 25 heavy (non-hydrogen) atoms. The van der Waals surface area contributed by atoms with Gasteiger partial charge in [-0.25, -0.2) is 0 Å². The van der Waals surface area contributed by atoms with Gasteiger partial charge >= 0.3 is 0 Å². The van der Waals surface area contributed by atoms with Crippen LogP contribution in [0.15, 0.2) is 52.4 Å². The summed E-state index contributed by atoms with van der Waals surface area (Å²) in [4.78, 5) is 0.731. The van der Waals surface area contributed by atoms with Crippen LogP contribution in [0.5, 0.6) is 0 Å². The molecule has 124 valence electrons. The molecule has 0 spiro atoms. The highest BCUT2D eigenvalue weighted by Crippen LogP contribution is 2.42. The lowest BCUT2D eigenvalue weighted by molar-refractivity contribution is 0.586. The van der Waals surface area contributed by atoms with Crippen LogP contribution in [0.4, 0.5) is 0 Å². The first kappa shape index (κ1) is 16.6. The van der Waals surface area contributed by atoms with Gasteiger partial charge in [-0.3, -0.25) is 0 Å². The van der Waals surface area contributed by atoms with E-state index in [0.717, 1.165) is 26.1 Å². The third kappa shape index (κ3) is 3.18. The van der Waals surface area contributed by atoms with E-state index in [1.54, 1.807) is 6.08 Å². The normalized spacial score (nSPS) is 11.6. The van der Waals surface area contributed by atoms with Crippen LogP contribution in [0.3, 0.4) is 0 Å². The summed E-state index contributed by atoms with van der Waals surface area (Å²) in [7, 11) is 0. The molecule has 0 aliphatic rings. The number of rotatable bonds is 3. The van der Waals surface area contributed by atoms with Crippen molar-refractivity contribution in [3.05, 3.63) is 63.6 Å². The molecule has 2 aromatic heterocycles. The molecule has 7 heteroatoms. The molecule has 0 bridgehead atoms. The molecule has 4 rings (SSSR count). The fourth-order valence-electron chi connectivity index (χ4n) is 2.46. The highest BCUT2D eigenvalue weighted by atomic mass is 35.5. The zero-order valence-electron chi connectivity index (χ0n) is 12.5. The van der Waals surface area contributed by atoms with Gasteiger partial charge in [0.1, 0.15) is 4.88 Å². The Morgan fingerprint density at radius 2 is 1.84 bits per heavy atom. The van der Waals surface area contributed by atoms with E-state index in [9.17, 15) is 0 Å². The van der Waals surface area contributed by atoms with Gasteiger partial charge in [-0.1, -0.05) is 46.9 Å². The van der Waals surface area contributed by atoms with Crippen molar-refractivity contribution in [1.82, 2.24) is 10.2 Å². The van der Waals surface area contributed by atoms with E-state index in [0.29, 0.717) is 21.8 Å². The lowest BCUT2D eigenvalue weighted by atomic mass is 10.1. The second kappa shape index (κ2) is 6.81. The fraction of sp³-hybridized carbons (Fsp3) is 0. The third-order valence-electron chi connectivity index (χ3n) is 3.60. The molecule has 2 aromatic carbocycles. The predicted molar refractivity (Wildman–Crippen MR) is 105 cm³/mol. The molecule has 0 saturated carbocycles. The molecule has 0 unspecified atom stereocenters. The number of fused-ring (bicyclic) bond motifs is 1. The van der Waals surface area contributed by atoms with E-state index in [1.165, 1.54) is 16.9 Å². The molecule has 0 atom stereocenters. The Morgan fingerprint density at radius 1 is 1.00 bits per heavy atom. The fourth-order valence-corrected chi connectivity index (χ4v) is 4.18. The number of nitrogens with zero attached hydrogens (tertiary/aromatic N) is 2. The zero-order valence-corrected chi connectivity index (χ0v) is 15.6. The number of thiophene rings is 1. The maximum Gasteiger partial charge on any atom is 0.259 e. The van der Waals surface area contributed by atoms with Crippen molar-refractivity contribution in [2.45, 2.75) is 0 Å². The molecular formula is C18H9Cl3N2OS. The predicted octanol–water partition coefficient (Wildman–Crippen LogP) is 7.13. The van der Waals surface area contributed by atoms with Gasteiger partial charge < -0.3 is 4.42 Å². The molecule has 0 saturated heterocycles. The number of hydrogen-bond donors (Lipinski definition) is 0. The maximum atomic E-state index is 6.49. The van der Waals surface area contributed by atoms with Gasteiger partial charge in [0.15, 0.2) is 0 Å². The largest absolute Gasteiger partial charge is 0.415 e. The van der Waals surface area contributed by atoms with Crippen LogP contribution in [0.25, 0.3) is 38.4 Å². The Bertz CT molecular complexity index is 1100. The summed E-state index contributed by atoms with van der Waals surface area (Å²) < 4.78 is 6.86. The van der Waals surface area contributed by atoms with Gasteiger partial charge in [0.25, 0.3) is 5.89 Å². The van der Waals surface area contributed by atoms with Crippen molar-refractivity contribution in [2.24, 2.45) is 0 Å². The van der Waals surface area contributed by atoms with Crippen LogP contribution < -0.4 is 0 Å². The third-order valence-corrected chi connectivity index (χ3v) is 5.62. The van der Waals surface area contributed by atoms with Crippen molar-refractivity contribution >= 4 is 62.3 Å². The first-order valence-electron chi connectivity index (χ1n) is 7.24. The first-order chi connectivity index (χ1) is 12.2. The van der Waals surface area contributed by atoms with Crippen LogP contribution in [0, 0.1) is 0 Å². The zero-order chi connectivity index (χ0) is 17.4. The van der Waals surface area contributed by atoms with E-state index in [-0.39, 0.29) is 0 Å². The Balaban J connectivity index is 1.77. The number of hydrogen-bond acceptors (Lipinski definition) is 4.